The lowest BCUT2D eigenvalue weighted by atomic mass is 9.90. The van der Waals surface area contributed by atoms with Crippen molar-refractivity contribution < 1.29 is 23.8 Å². The second-order valence-corrected chi connectivity index (χ2v) is 5.41. The zero-order valence-electron chi connectivity index (χ0n) is 12.2. The molecule has 1 aromatic rings. The van der Waals surface area contributed by atoms with Gasteiger partial charge in [0.05, 0.1) is 12.0 Å². The standard InChI is InChI=1S/C14H18FN3O4/c1-14(12(19)20)4-7-18(9-14)13(21)17-6-8-22-11-10(15)3-2-5-16-11/h2-3,5H,4,6-9H2,1H3,(H,17,21)(H,19,20). The van der Waals surface area contributed by atoms with Crippen molar-refractivity contribution in [2.45, 2.75) is 13.3 Å². The number of carbonyl (C=O) groups is 2. The van der Waals surface area contributed by atoms with Crippen LogP contribution in [0.2, 0.25) is 0 Å². The van der Waals surface area contributed by atoms with E-state index < -0.39 is 17.2 Å². The number of aliphatic carboxylic acids is 1. The lowest BCUT2D eigenvalue weighted by Gasteiger charge is -2.20. The number of nitrogens with zero attached hydrogens (tertiary/aromatic N) is 2. The van der Waals surface area contributed by atoms with Gasteiger partial charge in [-0.3, -0.25) is 4.79 Å². The third kappa shape index (κ3) is 3.63. The van der Waals surface area contributed by atoms with Crippen LogP contribution in [0.3, 0.4) is 0 Å². The number of nitrogens with one attached hydrogen (secondary N) is 1. The third-order valence-corrected chi connectivity index (χ3v) is 3.62. The molecule has 1 fully saturated rings. The molecule has 2 N–H and O–H groups in total. The number of ether oxygens (including phenoxy) is 1. The lowest BCUT2D eigenvalue weighted by molar-refractivity contribution is -0.147. The predicted octanol–water partition coefficient (Wildman–Crippen LogP) is 1.11. The van der Waals surface area contributed by atoms with Gasteiger partial charge in [-0.05, 0) is 25.5 Å². The minimum atomic E-state index is -0.906. The predicted molar refractivity (Wildman–Crippen MR) is 75.0 cm³/mol. The fraction of sp³-hybridized carbons (Fsp3) is 0.500. The number of carboxylic acid groups (broad SMARTS) is 1. The molecule has 2 amide bonds. The van der Waals surface area contributed by atoms with Crippen molar-refractivity contribution in [3.05, 3.63) is 24.1 Å². The Morgan fingerprint density at radius 1 is 1.59 bits per heavy atom. The van der Waals surface area contributed by atoms with E-state index >= 15 is 0 Å². The molecule has 1 aliphatic heterocycles. The van der Waals surface area contributed by atoms with Gasteiger partial charge >= 0.3 is 12.0 Å². The summed E-state index contributed by atoms with van der Waals surface area (Å²) in [5.41, 5.74) is -0.898. The molecule has 0 bridgehead atoms. The van der Waals surface area contributed by atoms with Gasteiger partial charge in [0.25, 0.3) is 0 Å². The highest BCUT2D eigenvalue weighted by Crippen LogP contribution is 2.29. The minimum absolute atomic E-state index is 0.0731. The molecule has 1 atom stereocenters. The van der Waals surface area contributed by atoms with Gasteiger partial charge in [-0.25, -0.2) is 14.2 Å². The number of aromatic nitrogens is 1. The molecule has 8 heteroatoms. The van der Waals surface area contributed by atoms with Crippen LogP contribution in [0, 0.1) is 11.2 Å². The van der Waals surface area contributed by atoms with Crippen LogP contribution in [-0.2, 0) is 4.79 Å². The molecule has 2 rings (SSSR count). The second-order valence-electron chi connectivity index (χ2n) is 5.41. The molecule has 120 valence electrons. The molecule has 1 aromatic heterocycles. The second kappa shape index (κ2) is 6.59. The van der Waals surface area contributed by atoms with E-state index in [0.717, 1.165) is 0 Å². The van der Waals surface area contributed by atoms with Crippen LogP contribution in [0.5, 0.6) is 5.88 Å². The molecule has 1 unspecified atom stereocenters. The van der Waals surface area contributed by atoms with Crippen LogP contribution >= 0.6 is 0 Å². The molecule has 7 nitrogen and oxygen atoms in total. The Hall–Kier alpha value is -2.38. The number of carboxylic acids is 1. The van der Waals surface area contributed by atoms with Crippen molar-refractivity contribution in [1.82, 2.24) is 15.2 Å². The molecule has 2 heterocycles. The highest BCUT2D eigenvalue weighted by atomic mass is 19.1. The molecule has 0 aromatic carbocycles. The van der Waals surface area contributed by atoms with Gasteiger partial charge in [0.1, 0.15) is 6.61 Å². The number of rotatable bonds is 5. The van der Waals surface area contributed by atoms with E-state index in [1.54, 1.807) is 6.92 Å². The lowest BCUT2D eigenvalue weighted by Crippen LogP contribution is -2.42. The average Bonchev–Trinajstić information content (AvgIpc) is 2.89. The van der Waals surface area contributed by atoms with Gasteiger partial charge < -0.3 is 20.1 Å². The van der Waals surface area contributed by atoms with E-state index in [0.29, 0.717) is 13.0 Å². The Morgan fingerprint density at radius 3 is 3.00 bits per heavy atom. The number of amides is 2. The summed E-state index contributed by atoms with van der Waals surface area (Å²) in [6, 6.07) is 2.34. The number of urea groups is 1. The largest absolute Gasteiger partial charge is 0.481 e. The maximum Gasteiger partial charge on any atom is 0.317 e. The highest BCUT2D eigenvalue weighted by molar-refractivity contribution is 5.79. The quantitative estimate of drug-likeness (QED) is 0.795. The zero-order valence-corrected chi connectivity index (χ0v) is 12.2. The summed E-state index contributed by atoms with van der Waals surface area (Å²) in [6.07, 6.45) is 1.83. The zero-order chi connectivity index (χ0) is 16.2. The first-order chi connectivity index (χ1) is 10.4. The van der Waals surface area contributed by atoms with Crippen molar-refractivity contribution in [2.75, 3.05) is 26.2 Å². The number of carbonyl (C=O) groups excluding carboxylic acids is 1. The molecule has 0 radical (unpaired) electrons. The number of halogens is 1. The summed E-state index contributed by atoms with van der Waals surface area (Å²) in [5.74, 6) is -1.58. The summed E-state index contributed by atoms with van der Waals surface area (Å²) in [7, 11) is 0. The maximum absolute atomic E-state index is 13.2. The van der Waals surface area contributed by atoms with Crippen LogP contribution < -0.4 is 10.1 Å². The molecule has 0 saturated carbocycles. The summed E-state index contributed by atoms with van der Waals surface area (Å²) in [4.78, 5) is 28.2. The fourth-order valence-corrected chi connectivity index (χ4v) is 2.20. The van der Waals surface area contributed by atoms with Gasteiger partial charge in [-0.2, -0.15) is 0 Å². The van der Waals surface area contributed by atoms with Crippen molar-refractivity contribution in [3.63, 3.8) is 0 Å². The number of hydrogen-bond acceptors (Lipinski definition) is 4. The Kier molecular flexibility index (Phi) is 4.79. The van der Waals surface area contributed by atoms with Gasteiger partial charge in [0, 0.05) is 19.3 Å². The van der Waals surface area contributed by atoms with Crippen LogP contribution in [0.4, 0.5) is 9.18 Å². The van der Waals surface area contributed by atoms with Crippen molar-refractivity contribution in [2.24, 2.45) is 5.41 Å². The third-order valence-electron chi connectivity index (χ3n) is 3.62. The van der Waals surface area contributed by atoms with Gasteiger partial charge in [0.2, 0.25) is 5.88 Å². The molecular formula is C14H18FN3O4. The van der Waals surface area contributed by atoms with E-state index in [9.17, 15) is 14.0 Å². The molecular weight excluding hydrogens is 293 g/mol. The number of pyridine rings is 1. The average molecular weight is 311 g/mol. The highest BCUT2D eigenvalue weighted by Gasteiger charge is 2.42. The van der Waals surface area contributed by atoms with E-state index in [-0.39, 0.29) is 31.6 Å². The van der Waals surface area contributed by atoms with E-state index in [2.05, 4.69) is 10.3 Å². The molecule has 0 aliphatic carbocycles. The first kappa shape index (κ1) is 16.0. The molecule has 1 saturated heterocycles. The molecule has 22 heavy (non-hydrogen) atoms. The van der Waals surface area contributed by atoms with Crippen molar-refractivity contribution >= 4 is 12.0 Å². The van der Waals surface area contributed by atoms with Gasteiger partial charge in [0.15, 0.2) is 5.82 Å². The summed E-state index contributed by atoms with van der Waals surface area (Å²) < 4.78 is 18.4. The van der Waals surface area contributed by atoms with E-state index in [1.807, 2.05) is 0 Å². The summed E-state index contributed by atoms with van der Waals surface area (Å²) >= 11 is 0. The first-order valence-corrected chi connectivity index (χ1v) is 6.92. The Balaban J connectivity index is 1.73. The smallest absolute Gasteiger partial charge is 0.317 e. The van der Waals surface area contributed by atoms with E-state index in [1.165, 1.54) is 23.2 Å². The van der Waals surface area contributed by atoms with Gasteiger partial charge in [-0.1, -0.05) is 0 Å². The van der Waals surface area contributed by atoms with Crippen molar-refractivity contribution in [1.29, 1.82) is 0 Å². The van der Waals surface area contributed by atoms with Crippen LogP contribution in [0.15, 0.2) is 18.3 Å². The summed E-state index contributed by atoms with van der Waals surface area (Å²) in [5, 5.41) is 11.7. The van der Waals surface area contributed by atoms with Crippen LogP contribution in [0.25, 0.3) is 0 Å². The molecule has 1 aliphatic rings. The summed E-state index contributed by atoms with van der Waals surface area (Å²) in [6.45, 7) is 2.43. The fourth-order valence-electron chi connectivity index (χ4n) is 2.20. The minimum Gasteiger partial charge on any atom is -0.481 e. The Labute approximate surface area is 127 Å². The van der Waals surface area contributed by atoms with Crippen molar-refractivity contribution in [3.8, 4) is 5.88 Å². The van der Waals surface area contributed by atoms with E-state index in [4.69, 9.17) is 9.84 Å². The van der Waals surface area contributed by atoms with Crippen LogP contribution in [-0.4, -0.2) is 53.2 Å². The topological polar surface area (TPSA) is 91.8 Å². The normalized spacial score (nSPS) is 20.7. The van der Waals surface area contributed by atoms with Gasteiger partial charge in [-0.15, -0.1) is 0 Å². The monoisotopic (exact) mass is 311 g/mol. The first-order valence-electron chi connectivity index (χ1n) is 6.92. The number of hydrogen-bond donors (Lipinski definition) is 2. The number of likely N-dealkylation sites (tertiary alicyclic amines) is 1. The maximum atomic E-state index is 13.2. The van der Waals surface area contributed by atoms with Crippen LogP contribution in [0.1, 0.15) is 13.3 Å². The Bertz CT molecular complexity index is 569. The SMILES string of the molecule is CC1(C(=O)O)CCN(C(=O)NCCOc2ncccc2F)C1. The molecule has 0 spiro atoms. The Morgan fingerprint density at radius 2 is 2.36 bits per heavy atom.